The third-order valence-electron chi connectivity index (χ3n) is 1.71. The summed E-state index contributed by atoms with van der Waals surface area (Å²) in [5, 5.41) is 0. The first-order valence-corrected chi connectivity index (χ1v) is 4.87. The molecule has 0 spiro atoms. The molecule has 0 aliphatic carbocycles. The van der Waals surface area contributed by atoms with Crippen molar-refractivity contribution in [2.45, 2.75) is 6.43 Å². The lowest BCUT2D eigenvalue weighted by atomic mass is 10.2. The SMILES string of the molecule is COc1cc(I)cc(C(F)F)c1OC. The van der Waals surface area contributed by atoms with E-state index in [9.17, 15) is 8.78 Å². The van der Waals surface area contributed by atoms with Crippen LogP contribution in [0.4, 0.5) is 8.78 Å². The molecule has 0 aliphatic rings. The minimum atomic E-state index is -2.56. The fourth-order valence-corrected chi connectivity index (χ4v) is 1.74. The highest BCUT2D eigenvalue weighted by Gasteiger charge is 2.18. The van der Waals surface area contributed by atoms with Gasteiger partial charge in [-0.1, -0.05) is 0 Å². The van der Waals surface area contributed by atoms with Crippen LogP contribution in [0, 0.1) is 3.57 Å². The quantitative estimate of drug-likeness (QED) is 0.798. The predicted octanol–water partition coefficient (Wildman–Crippen LogP) is 3.25. The van der Waals surface area contributed by atoms with Crippen LogP contribution in [0.25, 0.3) is 0 Å². The second-order valence-electron chi connectivity index (χ2n) is 2.53. The molecule has 0 saturated carbocycles. The van der Waals surface area contributed by atoms with Gasteiger partial charge in [-0.25, -0.2) is 8.78 Å². The average molecular weight is 314 g/mol. The summed E-state index contributed by atoms with van der Waals surface area (Å²) < 4.78 is 35.7. The second kappa shape index (κ2) is 4.77. The molecule has 0 bridgehead atoms. The summed E-state index contributed by atoms with van der Waals surface area (Å²) in [6.07, 6.45) is -2.56. The van der Waals surface area contributed by atoms with Crippen molar-refractivity contribution in [2.24, 2.45) is 0 Å². The predicted molar refractivity (Wildman–Crippen MR) is 57.2 cm³/mol. The smallest absolute Gasteiger partial charge is 0.267 e. The Bertz CT molecular complexity index is 329. The molecule has 78 valence electrons. The van der Waals surface area contributed by atoms with E-state index < -0.39 is 6.43 Å². The first-order chi connectivity index (χ1) is 6.60. The Balaban J connectivity index is 3.31. The largest absolute Gasteiger partial charge is 0.493 e. The monoisotopic (exact) mass is 314 g/mol. The summed E-state index contributed by atoms with van der Waals surface area (Å²) in [7, 11) is 2.76. The molecule has 0 fully saturated rings. The lowest BCUT2D eigenvalue weighted by Crippen LogP contribution is -1.97. The van der Waals surface area contributed by atoms with E-state index in [0.717, 1.165) is 0 Å². The summed E-state index contributed by atoms with van der Waals surface area (Å²) in [5.74, 6) is 0.428. The molecule has 1 rings (SSSR count). The molecule has 0 N–H and O–H groups in total. The van der Waals surface area contributed by atoms with E-state index in [2.05, 4.69) is 0 Å². The topological polar surface area (TPSA) is 18.5 Å². The van der Waals surface area contributed by atoms with Crippen LogP contribution < -0.4 is 9.47 Å². The van der Waals surface area contributed by atoms with Crippen LogP contribution in [-0.4, -0.2) is 14.2 Å². The van der Waals surface area contributed by atoms with Crippen molar-refractivity contribution in [2.75, 3.05) is 14.2 Å². The highest BCUT2D eigenvalue weighted by molar-refractivity contribution is 14.1. The van der Waals surface area contributed by atoms with Crippen LogP contribution in [0.3, 0.4) is 0 Å². The van der Waals surface area contributed by atoms with Gasteiger partial charge in [0.15, 0.2) is 11.5 Å². The van der Waals surface area contributed by atoms with Crippen LogP contribution in [0.15, 0.2) is 12.1 Å². The Morgan fingerprint density at radius 3 is 2.29 bits per heavy atom. The Hall–Kier alpha value is -0.590. The van der Waals surface area contributed by atoms with Crippen molar-refractivity contribution in [3.8, 4) is 11.5 Å². The van der Waals surface area contributed by atoms with Crippen LogP contribution in [0.2, 0.25) is 0 Å². The van der Waals surface area contributed by atoms with E-state index in [1.807, 2.05) is 22.6 Å². The molecule has 0 unspecified atom stereocenters. The number of halogens is 3. The van der Waals surface area contributed by atoms with Crippen molar-refractivity contribution in [3.05, 3.63) is 21.3 Å². The van der Waals surface area contributed by atoms with Gasteiger partial charge in [-0.15, -0.1) is 0 Å². The van der Waals surface area contributed by atoms with Crippen molar-refractivity contribution < 1.29 is 18.3 Å². The van der Waals surface area contributed by atoms with Crippen LogP contribution in [0.5, 0.6) is 11.5 Å². The van der Waals surface area contributed by atoms with Gasteiger partial charge >= 0.3 is 0 Å². The minimum absolute atomic E-state index is 0.0999. The van der Waals surface area contributed by atoms with Gasteiger partial charge in [-0.2, -0.15) is 0 Å². The summed E-state index contributed by atoms with van der Waals surface area (Å²) in [6.45, 7) is 0. The number of hydrogen-bond donors (Lipinski definition) is 0. The molecule has 0 aromatic heterocycles. The van der Waals surface area contributed by atoms with Gasteiger partial charge in [0.1, 0.15) is 0 Å². The summed E-state index contributed by atoms with van der Waals surface area (Å²) >= 11 is 1.95. The van der Waals surface area contributed by atoms with E-state index in [4.69, 9.17) is 9.47 Å². The zero-order valence-electron chi connectivity index (χ0n) is 7.68. The van der Waals surface area contributed by atoms with E-state index in [-0.39, 0.29) is 11.3 Å². The second-order valence-corrected chi connectivity index (χ2v) is 3.78. The number of alkyl halides is 2. The number of methoxy groups -OCH3 is 2. The maximum Gasteiger partial charge on any atom is 0.267 e. The molecule has 0 saturated heterocycles. The minimum Gasteiger partial charge on any atom is -0.493 e. The molecule has 14 heavy (non-hydrogen) atoms. The number of ether oxygens (including phenoxy) is 2. The standard InChI is InChI=1S/C9H9F2IO2/c1-13-7-4-5(12)3-6(9(10)11)8(7)14-2/h3-4,9H,1-2H3. The third kappa shape index (κ3) is 2.26. The molecule has 1 aromatic rings. The van der Waals surface area contributed by atoms with Crippen molar-refractivity contribution >= 4 is 22.6 Å². The van der Waals surface area contributed by atoms with Crippen LogP contribution >= 0.6 is 22.6 Å². The number of hydrogen-bond acceptors (Lipinski definition) is 2. The molecule has 0 amide bonds. The number of benzene rings is 1. The molecule has 2 nitrogen and oxygen atoms in total. The lowest BCUT2D eigenvalue weighted by Gasteiger charge is -2.12. The average Bonchev–Trinajstić information content (AvgIpc) is 2.16. The Kier molecular flexibility index (Phi) is 3.91. The molecule has 1 aromatic carbocycles. The normalized spacial score (nSPS) is 10.4. The molecular formula is C9H9F2IO2. The van der Waals surface area contributed by atoms with Gasteiger partial charge in [-0.05, 0) is 34.7 Å². The maximum atomic E-state index is 12.6. The van der Waals surface area contributed by atoms with E-state index in [1.54, 1.807) is 6.07 Å². The van der Waals surface area contributed by atoms with Crippen molar-refractivity contribution in [1.29, 1.82) is 0 Å². The highest BCUT2D eigenvalue weighted by Crippen LogP contribution is 2.38. The third-order valence-corrected chi connectivity index (χ3v) is 2.33. The highest BCUT2D eigenvalue weighted by atomic mass is 127. The van der Waals surface area contributed by atoms with E-state index >= 15 is 0 Å². The first kappa shape index (κ1) is 11.5. The first-order valence-electron chi connectivity index (χ1n) is 3.79. The Morgan fingerprint density at radius 2 is 1.86 bits per heavy atom. The van der Waals surface area contributed by atoms with Crippen LogP contribution in [-0.2, 0) is 0 Å². The van der Waals surface area contributed by atoms with Crippen molar-refractivity contribution in [3.63, 3.8) is 0 Å². The molecule has 0 aliphatic heterocycles. The fourth-order valence-electron chi connectivity index (χ4n) is 1.12. The molecule has 0 heterocycles. The molecular weight excluding hydrogens is 305 g/mol. The summed E-state index contributed by atoms with van der Waals surface area (Å²) in [4.78, 5) is 0. The summed E-state index contributed by atoms with van der Waals surface area (Å²) in [6, 6.07) is 3.03. The van der Waals surface area contributed by atoms with E-state index in [0.29, 0.717) is 9.32 Å². The van der Waals surface area contributed by atoms with Crippen molar-refractivity contribution in [1.82, 2.24) is 0 Å². The van der Waals surface area contributed by atoms with Gasteiger partial charge in [0.05, 0.1) is 19.8 Å². The Labute approximate surface area is 94.3 Å². The Morgan fingerprint density at radius 1 is 1.21 bits per heavy atom. The lowest BCUT2D eigenvalue weighted by molar-refractivity contribution is 0.146. The molecule has 0 radical (unpaired) electrons. The molecule has 0 atom stereocenters. The maximum absolute atomic E-state index is 12.6. The van der Waals surface area contributed by atoms with Gasteiger partial charge in [0.2, 0.25) is 0 Å². The summed E-state index contributed by atoms with van der Waals surface area (Å²) in [5.41, 5.74) is -0.142. The van der Waals surface area contributed by atoms with Gasteiger partial charge < -0.3 is 9.47 Å². The van der Waals surface area contributed by atoms with Crippen LogP contribution in [0.1, 0.15) is 12.0 Å². The zero-order chi connectivity index (χ0) is 10.7. The van der Waals surface area contributed by atoms with Gasteiger partial charge in [0, 0.05) is 3.57 Å². The molecule has 5 heteroatoms. The zero-order valence-corrected chi connectivity index (χ0v) is 9.84. The fraction of sp³-hybridized carbons (Fsp3) is 0.333. The van der Waals surface area contributed by atoms with Gasteiger partial charge in [0.25, 0.3) is 6.43 Å². The van der Waals surface area contributed by atoms with E-state index in [1.165, 1.54) is 20.3 Å². The van der Waals surface area contributed by atoms with Gasteiger partial charge in [-0.3, -0.25) is 0 Å². The number of rotatable bonds is 3.